The smallest absolute Gasteiger partial charge is 0.407 e. The van der Waals surface area contributed by atoms with E-state index in [1.807, 2.05) is 51.1 Å². The van der Waals surface area contributed by atoms with E-state index in [-0.39, 0.29) is 5.75 Å². The first-order valence-electron chi connectivity index (χ1n) is 7.44. The van der Waals surface area contributed by atoms with Crippen LogP contribution in [-0.4, -0.2) is 16.8 Å². The minimum Gasteiger partial charge on any atom is -0.506 e. The summed E-state index contributed by atoms with van der Waals surface area (Å²) in [5.74, 6) is 0.185. The molecule has 2 rings (SSSR count). The summed E-state index contributed by atoms with van der Waals surface area (Å²) in [6.45, 7) is 5.83. The molecule has 0 bridgehead atoms. The largest absolute Gasteiger partial charge is 0.506 e. The highest BCUT2D eigenvalue weighted by atomic mass is 16.6. The molecule has 0 radical (unpaired) electrons. The highest BCUT2D eigenvalue weighted by Gasteiger charge is 2.15. The van der Waals surface area contributed by atoms with E-state index in [9.17, 15) is 9.90 Å². The normalized spacial score (nSPS) is 10.9. The number of phenolic OH excluding ortho intramolecular Hbond substituents is 1. The molecule has 0 aliphatic rings. The van der Waals surface area contributed by atoms with E-state index in [1.54, 1.807) is 18.2 Å². The summed E-state index contributed by atoms with van der Waals surface area (Å²) in [5, 5.41) is 15.7. The Bertz CT molecular complexity index is 678. The standard InChI is InChI=1S/C18H22N2O3/c1-18(2,3)23-17(22)19-12-13-7-6-8-14(11-13)20-15-9-4-5-10-16(15)21/h4-11,20-21H,12H2,1-3H3,(H,19,22). The minimum atomic E-state index is -0.516. The van der Waals surface area contributed by atoms with Gasteiger partial charge < -0.3 is 20.5 Å². The lowest BCUT2D eigenvalue weighted by Gasteiger charge is -2.19. The number of phenols is 1. The number of amides is 1. The van der Waals surface area contributed by atoms with Crippen molar-refractivity contribution in [2.75, 3.05) is 5.32 Å². The number of nitrogens with one attached hydrogen (secondary N) is 2. The average Bonchev–Trinajstić information content (AvgIpc) is 2.46. The van der Waals surface area contributed by atoms with Crippen LogP contribution in [0, 0.1) is 0 Å². The summed E-state index contributed by atoms with van der Waals surface area (Å²) in [4.78, 5) is 11.7. The topological polar surface area (TPSA) is 70.6 Å². The number of anilines is 2. The van der Waals surface area contributed by atoms with Gasteiger partial charge >= 0.3 is 6.09 Å². The molecular weight excluding hydrogens is 292 g/mol. The van der Waals surface area contributed by atoms with Crippen molar-refractivity contribution in [3.05, 3.63) is 54.1 Å². The van der Waals surface area contributed by atoms with Crippen LogP contribution in [0.5, 0.6) is 5.75 Å². The van der Waals surface area contributed by atoms with Crippen LogP contribution in [0.3, 0.4) is 0 Å². The molecule has 0 aliphatic carbocycles. The van der Waals surface area contributed by atoms with Crippen molar-refractivity contribution in [1.82, 2.24) is 5.32 Å². The lowest BCUT2D eigenvalue weighted by molar-refractivity contribution is 0.0523. The molecule has 0 heterocycles. The second-order valence-corrected chi connectivity index (χ2v) is 6.20. The first-order valence-corrected chi connectivity index (χ1v) is 7.44. The van der Waals surface area contributed by atoms with Crippen LogP contribution in [0.15, 0.2) is 48.5 Å². The van der Waals surface area contributed by atoms with Crippen LogP contribution in [0.25, 0.3) is 0 Å². The molecule has 0 unspecified atom stereocenters. The Kier molecular flexibility index (Phi) is 5.11. The van der Waals surface area contributed by atoms with E-state index in [0.29, 0.717) is 12.2 Å². The molecule has 3 N–H and O–H groups in total. The number of alkyl carbamates (subject to hydrolysis) is 1. The van der Waals surface area contributed by atoms with Crippen LogP contribution >= 0.6 is 0 Å². The van der Waals surface area contributed by atoms with E-state index in [2.05, 4.69) is 10.6 Å². The second kappa shape index (κ2) is 7.05. The van der Waals surface area contributed by atoms with Crippen molar-refractivity contribution in [3.63, 3.8) is 0 Å². The fourth-order valence-electron chi connectivity index (χ4n) is 1.98. The van der Waals surface area contributed by atoms with E-state index >= 15 is 0 Å². The Labute approximate surface area is 136 Å². The SMILES string of the molecule is CC(C)(C)OC(=O)NCc1cccc(Nc2ccccc2O)c1. The third-order valence-corrected chi connectivity index (χ3v) is 2.95. The molecule has 5 heteroatoms. The van der Waals surface area contributed by atoms with E-state index in [1.165, 1.54) is 0 Å². The van der Waals surface area contributed by atoms with Gasteiger partial charge in [0.05, 0.1) is 5.69 Å². The number of hydrogen-bond donors (Lipinski definition) is 3. The van der Waals surface area contributed by atoms with Crippen molar-refractivity contribution in [1.29, 1.82) is 0 Å². The predicted octanol–water partition coefficient (Wildman–Crippen LogP) is 4.16. The summed E-state index contributed by atoms with van der Waals surface area (Å²) in [5.41, 5.74) is 1.87. The Hall–Kier alpha value is -2.69. The van der Waals surface area contributed by atoms with Gasteiger partial charge in [-0.25, -0.2) is 4.79 Å². The zero-order chi connectivity index (χ0) is 16.9. The Morgan fingerprint density at radius 3 is 2.57 bits per heavy atom. The van der Waals surface area contributed by atoms with Gasteiger partial charge in [0.2, 0.25) is 0 Å². The summed E-state index contributed by atoms with van der Waals surface area (Å²) in [6, 6.07) is 14.6. The van der Waals surface area contributed by atoms with E-state index < -0.39 is 11.7 Å². The third-order valence-electron chi connectivity index (χ3n) is 2.95. The molecule has 0 aliphatic heterocycles. The number of benzene rings is 2. The van der Waals surface area contributed by atoms with Gasteiger partial charge in [0.15, 0.2) is 0 Å². The second-order valence-electron chi connectivity index (χ2n) is 6.20. The van der Waals surface area contributed by atoms with Gasteiger partial charge in [0, 0.05) is 12.2 Å². The maximum atomic E-state index is 11.7. The van der Waals surface area contributed by atoms with Gasteiger partial charge in [0.1, 0.15) is 11.4 Å². The zero-order valence-corrected chi connectivity index (χ0v) is 13.6. The third kappa shape index (κ3) is 5.54. The number of rotatable bonds is 4. The summed E-state index contributed by atoms with van der Waals surface area (Å²) >= 11 is 0. The Balaban J connectivity index is 1.97. The zero-order valence-electron chi connectivity index (χ0n) is 13.6. The molecule has 5 nitrogen and oxygen atoms in total. The first kappa shape index (κ1) is 16.7. The van der Waals surface area contributed by atoms with Crippen LogP contribution in [-0.2, 0) is 11.3 Å². The van der Waals surface area contributed by atoms with Gasteiger partial charge in [-0.05, 0) is 50.6 Å². The average molecular weight is 314 g/mol. The van der Waals surface area contributed by atoms with Gasteiger partial charge in [-0.3, -0.25) is 0 Å². The fraction of sp³-hybridized carbons (Fsp3) is 0.278. The van der Waals surface area contributed by atoms with Gasteiger partial charge in [-0.15, -0.1) is 0 Å². The van der Waals surface area contributed by atoms with Crippen molar-refractivity contribution < 1.29 is 14.6 Å². The fourth-order valence-corrected chi connectivity index (χ4v) is 1.98. The van der Waals surface area contributed by atoms with E-state index in [4.69, 9.17) is 4.74 Å². The molecule has 0 fully saturated rings. The number of carbonyl (C=O) groups is 1. The molecule has 122 valence electrons. The van der Waals surface area contributed by atoms with Gasteiger partial charge in [-0.2, -0.15) is 0 Å². The number of hydrogen-bond acceptors (Lipinski definition) is 4. The van der Waals surface area contributed by atoms with E-state index in [0.717, 1.165) is 11.3 Å². The first-order chi connectivity index (χ1) is 10.8. The van der Waals surface area contributed by atoms with Crippen molar-refractivity contribution in [2.45, 2.75) is 32.9 Å². The summed E-state index contributed by atoms with van der Waals surface area (Å²) < 4.78 is 5.20. The predicted molar refractivity (Wildman–Crippen MR) is 90.9 cm³/mol. The number of para-hydroxylation sites is 2. The lowest BCUT2D eigenvalue weighted by Crippen LogP contribution is -2.32. The molecule has 0 saturated heterocycles. The summed E-state index contributed by atoms with van der Waals surface area (Å²) in [6.07, 6.45) is -0.448. The van der Waals surface area contributed by atoms with Crippen LogP contribution in [0.2, 0.25) is 0 Å². The molecule has 1 amide bonds. The van der Waals surface area contributed by atoms with Crippen LogP contribution in [0.1, 0.15) is 26.3 Å². The molecule has 0 spiro atoms. The Morgan fingerprint density at radius 2 is 1.87 bits per heavy atom. The van der Waals surface area contributed by atoms with Crippen molar-refractivity contribution in [2.24, 2.45) is 0 Å². The quantitative estimate of drug-likeness (QED) is 0.741. The van der Waals surface area contributed by atoms with Crippen molar-refractivity contribution in [3.8, 4) is 5.75 Å². The number of ether oxygens (including phenoxy) is 1. The van der Waals surface area contributed by atoms with Gasteiger partial charge in [-0.1, -0.05) is 24.3 Å². The number of carbonyl (C=O) groups excluding carboxylic acids is 1. The summed E-state index contributed by atoms with van der Waals surface area (Å²) in [7, 11) is 0. The minimum absolute atomic E-state index is 0.185. The van der Waals surface area contributed by atoms with Gasteiger partial charge in [0.25, 0.3) is 0 Å². The van der Waals surface area contributed by atoms with Crippen molar-refractivity contribution >= 4 is 17.5 Å². The molecule has 0 aromatic heterocycles. The number of aromatic hydroxyl groups is 1. The maximum Gasteiger partial charge on any atom is 0.407 e. The lowest BCUT2D eigenvalue weighted by atomic mass is 10.2. The highest BCUT2D eigenvalue weighted by molar-refractivity contribution is 5.68. The highest BCUT2D eigenvalue weighted by Crippen LogP contribution is 2.26. The van der Waals surface area contributed by atoms with Crippen LogP contribution < -0.4 is 10.6 Å². The molecular formula is C18H22N2O3. The molecule has 0 atom stereocenters. The Morgan fingerprint density at radius 1 is 1.13 bits per heavy atom. The monoisotopic (exact) mass is 314 g/mol. The molecule has 2 aromatic rings. The molecule has 0 saturated carbocycles. The molecule has 23 heavy (non-hydrogen) atoms. The maximum absolute atomic E-state index is 11.7. The van der Waals surface area contributed by atoms with Crippen LogP contribution in [0.4, 0.5) is 16.2 Å². The molecule has 2 aromatic carbocycles.